The van der Waals surface area contributed by atoms with E-state index >= 15 is 0 Å². The summed E-state index contributed by atoms with van der Waals surface area (Å²) in [7, 11) is 0. The van der Waals surface area contributed by atoms with Crippen molar-refractivity contribution in [2.24, 2.45) is 0 Å². The molecule has 0 heterocycles. The lowest BCUT2D eigenvalue weighted by atomic mass is 10.1. The molecule has 11 heavy (non-hydrogen) atoms. The Labute approximate surface area is 73.4 Å². The molecule has 1 unspecified atom stereocenters. The van der Waals surface area contributed by atoms with Crippen molar-refractivity contribution in [3.8, 4) is 0 Å². The lowest BCUT2D eigenvalue weighted by Crippen LogP contribution is -2.12. The Balaban J connectivity index is 3.17. The standard InChI is InChI=1S/C8H16O2S/c1-2-3-4-5-6-7(11)8(9)10/h7,11H,2-6H2,1H3,(H,9,10). The van der Waals surface area contributed by atoms with Gasteiger partial charge in [0.15, 0.2) is 0 Å². The van der Waals surface area contributed by atoms with E-state index in [4.69, 9.17) is 5.11 Å². The lowest BCUT2D eigenvalue weighted by molar-refractivity contribution is -0.136. The van der Waals surface area contributed by atoms with Crippen molar-refractivity contribution in [1.82, 2.24) is 0 Å². The maximum atomic E-state index is 10.3. The van der Waals surface area contributed by atoms with Gasteiger partial charge in [0, 0.05) is 0 Å². The molecular formula is C8H16O2S. The van der Waals surface area contributed by atoms with Gasteiger partial charge in [0.1, 0.15) is 0 Å². The number of aliphatic carboxylic acids is 1. The molecule has 0 bridgehead atoms. The molecule has 0 fully saturated rings. The van der Waals surface area contributed by atoms with E-state index in [1.807, 2.05) is 0 Å². The molecule has 66 valence electrons. The first-order valence-electron chi connectivity index (χ1n) is 4.09. The average molecular weight is 176 g/mol. The first-order valence-corrected chi connectivity index (χ1v) is 4.61. The summed E-state index contributed by atoms with van der Waals surface area (Å²) in [5, 5.41) is 8.00. The van der Waals surface area contributed by atoms with Crippen LogP contribution >= 0.6 is 12.6 Å². The van der Waals surface area contributed by atoms with E-state index in [1.54, 1.807) is 0 Å². The lowest BCUT2D eigenvalue weighted by Gasteiger charge is -2.03. The second kappa shape index (κ2) is 6.53. The minimum absolute atomic E-state index is 0.466. The van der Waals surface area contributed by atoms with Gasteiger partial charge < -0.3 is 5.11 Å². The predicted octanol–water partition coefficient (Wildman–Crippen LogP) is 2.34. The minimum Gasteiger partial charge on any atom is -0.480 e. The van der Waals surface area contributed by atoms with E-state index in [0.717, 1.165) is 12.8 Å². The second-order valence-electron chi connectivity index (χ2n) is 2.70. The summed E-state index contributed by atoms with van der Waals surface area (Å²) in [6, 6.07) is 0. The first kappa shape index (κ1) is 10.8. The van der Waals surface area contributed by atoms with Crippen molar-refractivity contribution in [1.29, 1.82) is 0 Å². The third kappa shape index (κ3) is 6.23. The fourth-order valence-corrected chi connectivity index (χ4v) is 1.07. The number of carbonyl (C=O) groups is 1. The van der Waals surface area contributed by atoms with Crippen molar-refractivity contribution in [2.45, 2.75) is 44.3 Å². The van der Waals surface area contributed by atoms with Gasteiger partial charge in [0.25, 0.3) is 0 Å². The van der Waals surface area contributed by atoms with E-state index in [2.05, 4.69) is 19.6 Å². The van der Waals surface area contributed by atoms with Crippen molar-refractivity contribution >= 4 is 18.6 Å². The number of hydrogen-bond donors (Lipinski definition) is 2. The summed E-state index contributed by atoms with van der Waals surface area (Å²) in [4.78, 5) is 10.3. The predicted molar refractivity (Wildman–Crippen MR) is 49.2 cm³/mol. The highest BCUT2D eigenvalue weighted by Gasteiger charge is 2.09. The molecule has 0 aromatic carbocycles. The Morgan fingerprint density at radius 3 is 2.55 bits per heavy atom. The van der Waals surface area contributed by atoms with Crippen molar-refractivity contribution in [3.63, 3.8) is 0 Å². The molecule has 0 spiro atoms. The number of carboxylic acid groups (broad SMARTS) is 1. The zero-order valence-electron chi connectivity index (χ0n) is 6.92. The number of thiol groups is 1. The number of rotatable bonds is 6. The highest BCUT2D eigenvalue weighted by molar-refractivity contribution is 7.81. The Hall–Kier alpha value is -0.180. The van der Waals surface area contributed by atoms with Crippen LogP contribution in [0.25, 0.3) is 0 Å². The van der Waals surface area contributed by atoms with Crippen LogP contribution in [0.1, 0.15) is 39.0 Å². The maximum Gasteiger partial charge on any atom is 0.316 e. The van der Waals surface area contributed by atoms with Gasteiger partial charge in [-0.1, -0.05) is 32.6 Å². The number of carboxylic acids is 1. The summed E-state index contributed by atoms with van der Waals surface area (Å²) >= 11 is 3.93. The Bertz CT molecular complexity index is 115. The molecule has 0 amide bonds. The van der Waals surface area contributed by atoms with E-state index in [9.17, 15) is 4.79 Å². The molecule has 0 saturated carbocycles. The molecule has 0 saturated heterocycles. The van der Waals surface area contributed by atoms with Gasteiger partial charge in [0.2, 0.25) is 0 Å². The molecule has 0 aliphatic heterocycles. The highest BCUT2D eigenvalue weighted by atomic mass is 32.1. The van der Waals surface area contributed by atoms with E-state index in [0.29, 0.717) is 6.42 Å². The summed E-state index contributed by atoms with van der Waals surface area (Å²) < 4.78 is 0. The number of unbranched alkanes of at least 4 members (excludes halogenated alkanes) is 3. The van der Waals surface area contributed by atoms with Crippen LogP contribution in [0.15, 0.2) is 0 Å². The topological polar surface area (TPSA) is 37.3 Å². The highest BCUT2D eigenvalue weighted by Crippen LogP contribution is 2.09. The Morgan fingerprint density at radius 2 is 2.09 bits per heavy atom. The smallest absolute Gasteiger partial charge is 0.316 e. The van der Waals surface area contributed by atoms with Crippen LogP contribution in [0, 0.1) is 0 Å². The van der Waals surface area contributed by atoms with Crippen LogP contribution in [0.3, 0.4) is 0 Å². The Kier molecular flexibility index (Phi) is 6.42. The third-order valence-corrected chi connectivity index (χ3v) is 2.10. The normalized spacial score (nSPS) is 12.9. The molecule has 0 aromatic heterocycles. The van der Waals surface area contributed by atoms with Gasteiger partial charge in [-0.3, -0.25) is 4.79 Å². The van der Waals surface area contributed by atoms with Crippen LogP contribution in [-0.4, -0.2) is 16.3 Å². The largest absolute Gasteiger partial charge is 0.480 e. The molecule has 0 aliphatic carbocycles. The fourth-order valence-electron chi connectivity index (χ4n) is 0.888. The van der Waals surface area contributed by atoms with Gasteiger partial charge in [0.05, 0.1) is 5.25 Å². The van der Waals surface area contributed by atoms with Crippen LogP contribution < -0.4 is 0 Å². The average Bonchev–Trinajstić information content (AvgIpc) is 1.97. The Morgan fingerprint density at radius 1 is 1.45 bits per heavy atom. The van der Waals surface area contributed by atoms with Gasteiger partial charge in [-0.2, -0.15) is 12.6 Å². The zero-order valence-corrected chi connectivity index (χ0v) is 7.81. The van der Waals surface area contributed by atoms with Crippen molar-refractivity contribution < 1.29 is 9.90 Å². The summed E-state index contributed by atoms with van der Waals surface area (Å²) in [6.45, 7) is 2.13. The van der Waals surface area contributed by atoms with Crippen LogP contribution in [0.5, 0.6) is 0 Å². The van der Waals surface area contributed by atoms with E-state index in [-0.39, 0.29) is 0 Å². The molecule has 0 aromatic rings. The van der Waals surface area contributed by atoms with E-state index < -0.39 is 11.2 Å². The summed E-state index contributed by atoms with van der Waals surface area (Å²) in [6.07, 6.45) is 5.18. The van der Waals surface area contributed by atoms with Gasteiger partial charge >= 0.3 is 5.97 Å². The first-order chi connectivity index (χ1) is 5.18. The molecule has 3 heteroatoms. The fraction of sp³-hybridized carbons (Fsp3) is 0.875. The molecule has 0 rings (SSSR count). The molecule has 1 N–H and O–H groups in total. The molecule has 0 aliphatic rings. The quantitative estimate of drug-likeness (QED) is 0.481. The zero-order chi connectivity index (χ0) is 8.69. The van der Waals surface area contributed by atoms with Crippen molar-refractivity contribution in [3.05, 3.63) is 0 Å². The van der Waals surface area contributed by atoms with Gasteiger partial charge in [-0.15, -0.1) is 0 Å². The molecule has 2 nitrogen and oxygen atoms in total. The second-order valence-corrected chi connectivity index (χ2v) is 3.33. The van der Waals surface area contributed by atoms with E-state index in [1.165, 1.54) is 12.8 Å². The monoisotopic (exact) mass is 176 g/mol. The van der Waals surface area contributed by atoms with Crippen molar-refractivity contribution in [2.75, 3.05) is 0 Å². The molecular weight excluding hydrogens is 160 g/mol. The van der Waals surface area contributed by atoms with Crippen LogP contribution in [-0.2, 0) is 4.79 Å². The molecule has 0 radical (unpaired) electrons. The van der Waals surface area contributed by atoms with Crippen LogP contribution in [0.2, 0.25) is 0 Å². The van der Waals surface area contributed by atoms with Gasteiger partial charge in [-0.05, 0) is 6.42 Å². The summed E-state index contributed by atoms with van der Waals surface area (Å²) in [5.74, 6) is -0.801. The third-order valence-electron chi connectivity index (χ3n) is 1.62. The number of hydrogen-bond acceptors (Lipinski definition) is 2. The molecule has 1 atom stereocenters. The maximum absolute atomic E-state index is 10.3. The minimum atomic E-state index is -0.801. The van der Waals surface area contributed by atoms with Gasteiger partial charge in [-0.25, -0.2) is 0 Å². The SMILES string of the molecule is CCCCCCC(S)C(=O)O. The van der Waals surface area contributed by atoms with Crippen LogP contribution in [0.4, 0.5) is 0 Å². The summed E-state index contributed by atoms with van der Waals surface area (Å²) in [5.41, 5.74) is 0.